The third-order valence-corrected chi connectivity index (χ3v) is 51.8. The Morgan fingerprint density at radius 2 is 0.641 bits per heavy atom. The van der Waals surface area contributed by atoms with Gasteiger partial charge in [-0.3, -0.25) is 8.98 Å². The van der Waals surface area contributed by atoms with Crippen LogP contribution in [0.1, 0.15) is 259 Å². The van der Waals surface area contributed by atoms with Crippen molar-refractivity contribution >= 4 is 79.7 Å². The molecule has 3 heterocycles. The molecule has 0 bridgehead atoms. The molecule has 9 rings (SSSR count). The van der Waals surface area contributed by atoms with Gasteiger partial charge >= 0.3 is 0 Å². The average molecular weight is 2150 g/mol. The molecule has 21 nitrogen and oxygen atoms in total. The van der Waals surface area contributed by atoms with Crippen LogP contribution in [-0.4, -0.2) is 205 Å². The molecule has 3 fully saturated rings. The molecule has 0 radical (unpaired) electrons. The summed E-state index contributed by atoms with van der Waals surface area (Å²) < 4.78 is 112. The molecule has 6 aromatic rings. The predicted octanol–water partition coefficient (Wildman–Crippen LogP) is 27.6. The number of benzene rings is 6. The first-order chi connectivity index (χ1) is 66.7. The molecule has 0 amide bonds. The van der Waals surface area contributed by atoms with Crippen molar-refractivity contribution in [3.8, 4) is 0 Å². The molecule has 3 saturated heterocycles. The van der Waals surface area contributed by atoms with Gasteiger partial charge in [-0.15, -0.1) is 0 Å². The Labute approximate surface area is 874 Å². The van der Waals surface area contributed by atoms with E-state index >= 15 is 0 Å². The first kappa shape index (κ1) is 130. The summed E-state index contributed by atoms with van der Waals surface area (Å²) in [5.74, 6) is -0.199. The van der Waals surface area contributed by atoms with Crippen LogP contribution in [0.25, 0.3) is 0 Å². The van der Waals surface area contributed by atoms with E-state index in [9.17, 15) is 18.0 Å². The molecular formula is C114H191BrO21SSi5. The lowest BCUT2D eigenvalue weighted by molar-refractivity contribution is -0.320. The van der Waals surface area contributed by atoms with E-state index in [-0.39, 0.29) is 87.7 Å². The highest BCUT2D eigenvalue weighted by molar-refractivity contribution is 9.09. The van der Waals surface area contributed by atoms with Gasteiger partial charge in [0.1, 0.15) is 18.2 Å². The Morgan fingerprint density at radius 1 is 0.394 bits per heavy atom. The highest BCUT2D eigenvalue weighted by Gasteiger charge is 2.46. The highest BCUT2D eigenvalue weighted by atomic mass is 79.9. The SMILES string of the molecule is CC(C)(C)[Si](C)(C)O[C@H](CCCBr)COCc1ccccc1.CC(C)(C)[Si](C)(C)O[C@H](CCCC(=O)CCC[C@H](COCc1ccccc1)O[Si](C)(C)C(C)(C)C)COCc1ccccc1.CC(C)(C)[Si](C)(C)O[C@H](CCCC=O)COCc1ccccc1.CC(C)(C)[Si](C)(C)O[C@H](CCCOS(C)(=O)=O)COCc1ccccc1.OC[C@H]1CCCC2(CCC[C@H](CO)O2)O1.c1ccc(COC[C@H]2CO2)cc1. The molecule has 3 aliphatic heterocycles. The first-order valence-electron chi connectivity index (χ1n) is 52.3. The standard InChI is InChI=1S/C37H62O5Si2.C19H34O5SSi.C19H32O3Si.C18H31BrO2Si.C11H20O4.C10H12O2/c1-36(2,3)43(7,8)41-34(29-39-27-31-19-13-11-14-20-31)25-17-23-33(38)24-18-26-35(42-44(9,10)37(4,5)6)30-40-28-32-21-15-12-16-22-32;1-19(2,3)26(5,6)24-18(13-10-14-23-25(4,20)21)16-22-15-17-11-8-7-9-12-17;1-19(2,3)23(4,5)22-18(13-9-10-14-20)16-21-15-17-11-7-6-8-12-17;1-18(2,3)22(4,5)21-17(12-9-13-19)15-20-14-16-10-7-6-8-11-16;12-7-9-3-1-5-11(14-9)6-2-4-10(8-13)15-11;1-2-4-9(5-3-1)6-11-7-10-8-12-10/h11-16,19-22,34-35H,17-18,23-30H2,1-10H3;7-9,11-12,18H,10,13-16H2,1-6H3;6-8,11-12,14,18H,9-10,13,15-16H2,1-5H3;6-8,10-11,17H,9,12-15H2,1-5H3;9-10,12-13H,1-8H2;1-5,10H,6-8H2/t34-,35-;2*18-;17-;9-,10-,11?;10-/m111110/s1. The van der Waals surface area contributed by atoms with E-state index in [2.05, 4.69) is 246 Å². The Hall–Kier alpha value is -4.51. The number of epoxide rings is 1. The number of carbonyl (C=O) groups excluding carboxylic acids is 2. The smallest absolute Gasteiger partial charge is 0.264 e. The van der Waals surface area contributed by atoms with Crippen molar-refractivity contribution in [3.63, 3.8) is 0 Å². The van der Waals surface area contributed by atoms with Crippen LogP contribution in [-0.2, 0) is 128 Å². The molecule has 1 spiro atoms. The average Bonchev–Trinajstić information content (AvgIpc) is 1.14. The number of hydrogen-bond acceptors (Lipinski definition) is 21. The second-order valence-corrected chi connectivity index (χ2v) is 72.1. The van der Waals surface area contributed by atoms with E-state index in [1.807, 2.05) is 121 Å². The van der Waals surface area contributed by atoms with Crippen molar-refractivity contribution in [2.24, 2.45) is 0 Å². The number of unbranched alkanes of at least 4 members (excludes halogenated alkanes) is 1. The van der Waals surface area contributed by atoms with E-state index < -0.39 is 57.5 Å². The maximum absolute atomic E-state index is 13.0. The third kappa shape index (κ3) is 55.8. The van der Waals surface area contributed by atoms with Crippen molar-refractivity contribution in [3.05, 3.63) is 215 Å². The fourth-order valence-electron chi connectivity index (χ4n) is 14.3. The van der Waals surface area contributed by atoms with Gasteiger partial charge in [-0.25, -0.2) is 0 Å². The highest BCUT2D eigenvalue weighted by Crippen LogP contribution is 2.44. The van der Waals surface area contributed by atoms with Crippen LogP contribution in [0.4, 0.5) is 0 Å². The molecule has 28 heteroatoms. The monoisotopic (exact) mass is 2150 g/mol. The van der Waals surface area contributed by atoms with E-state index in [4.69, 9.17) is 79.2 Å². The van der Waals surface area contributed by atoms with Crippen molar-refractivity contribution < 1.29 is 97.2 Å². The predicted molar refractivity (Wildman–Crippen MR) is 597 cm³/mol. The number of rotatable bonds is 56. The van der Waals surface area contributed by atoms with Gasteiger partial charge in [0.2, 0.25) is 0 Å². The minimum atomic E-state index is -3.40. The fraction of sp³-hybridized carbons (Fsp3) is 0.667. The summed E-state index contributed by atoms with van der Waals surface area (Å²) in [4.78, 5) is 23.5. The van der Waals surface area contributed by atoms with E-state index in [1.165, 1.54) is 16.7 Å². The first-order valence-corrected chi connectivity index (χ1v) is 69.8. The Kier molecular flexibility index (Phi) is 60.5. The molecule has 0 unspecified atom stereocenters. The lowest BCUT2D eigenvalue weighted by atomic mass is 9.93. The Morgan fingerprint density at radius 3 is 0.873 bits per heavy atom. The maximum Gasteiger partial charge on any atom is 0.264 e. The van der Waals surface area contributed by atoms with Crippen LogP contribution in [0.3, 0.4) is 0 Å². The molecule has 6 aromatic carbocycles. The van der Waals surface area contributed by atoms with Crippen molar-refractivity contribution in [2.45, 2.75) is 411 Å². The number of carbonyl (C=O) groups is 2. The molecule has 2 N–H and O–H groups in total. The van der Waals surface area contributed by atoms with Crippen LogP contribution in [0.15, 0.2) is 182 Å². The molecule has 0 aromatic heterocycles. The topological polar surface area (TPSA) is 250 Å². The van der Waals surface area contributed by atoms with Crippen molar-refractivity contribution in [1.29, 1.82) is 0 Å². The van der Waals surface area contributed by atoms with Crippen LogP contribution >= 0.6 is 15.9 Å². The zero-order valence-electron chi connectivity index (χ0n) is 92.4. The lowest BCUT2D eigenvalue weighted by Gasteiger charge is -2.45. The van der Waals surface area contributed by atoms with E-state index in [0.29, 0.717) is 117 Å². The van der Waals surface area contributed by atoms with Gasteiger partial charge in [0.15, 0.2) is 47.4 Å². The molecular weight excluding hydrogens is 1960 g/mol. The van der Waals surface area contributed by atoms with Crippen molar-refractivity contribution in [1.82, 2.24) is 0 Å². The molecule has 3 aliphatic rings. The minimum absolute atomic E-state index is 0.00321. The van der Waals surface area contributed by atoms with Gasteiger partial charge in [-0.1, -0.05) is 302 Å². The zero-order valence-corrected chi connectivity index (χ0v) is 99.8. The van der Waals surface area contributed by atoms with Gasteiger partial charge in [0.05, 0.1) is 155 Å². The summed E-state index contributed by atoms with van der Waals surface area (Å²) in [6.07, 6.45) is 18.4. The van der Waals surface area contributed by atoms with Crippen molar-refractivity contribution in [2.75, 3.05) is 77.7 Å². The lowest BCUT2D eigenvalue weighted by Crippen LogP contribution is -2.49. The number of aliphatic hydroxyl groups excluding tert-OH is 2. The second kappa shape index (κ2) is 66.2. The fourth-order valence-corrected chi connectivity index (χ4v) is 21.9. The normalized spacial score (nSPS) is 17.0. The molecule has 0 aliphatic carbocycles. The zero-order chi connectivity index (χ0) is 106. The molecule has 806 valence electrons. The van der Waals surface area contributed by atoms with Crippen LogP contribution in [0.5, 0.6) is 0 Å². The number of hydrogen-bond donors (Lipinski definition) is 2. The minimum Gasteiger partial charge on any atom is -0.412 e. The van der Waals surface area contributed by atoms with Gasteiger partial charge in [0.25, 0.3) is 10.1 Å². The number of ketones is 1. The summed E-state index contributed by atoms with van der Waals surface area (Å²) in [6.45, 7) is 64.9. The summed E-state index contributed by atoms with van der Waals surface area (Å²) in [5, 5.41) is 20.0. The summed E-state index contributed by atoms with van der Waals surface area (Å²) >= 11 is 3.52. The van der Waals surface area contributed by atoms with Crippen LogP contribution in [0, 0.1) is 0 Å². The summed E-state index contributed by atoms with van der Waals surface area (Å²) in [5.41, 5.74) is 7.06. The maximum atomic E-state index is 13.0. The summed E-state index contributed by atoms with van der Waals surface area (Å²) in [6, 6.07) is 61.2. The second-order valence-electron chi connectivity index (χ2n) is 45.9. The van der Waals surface area contributed by atoms with Crippen LogP contribution < -0.4 is 0 Å². The van der Waals surface area contributed by atoms with Gasteiger partial charge in [-0.05, 0) is 214 Å². The number of aliphatic hydroxyl groups is 2. The molecule has 8 atom stereocenters. The van der Waals surface area contributed by atoms with Gasteiger partial charge < -0.3 is 79.8 Å². The van der Waals surface area contributed by atoms with Gasteiger partial charge in [-0.2, -0.15) is 8.42 Å². The number of aldehydes is 1. The number of halogens is 1. The number of alkyl halides is 1. The summed E-state index contributed by atoms with van der Waals surface area (Å²) in [7, 11) is -12.8. The van der Waals surface area contributed by atoms with E-state index in [0.717, 1.165) is 138 Å². The van der Waals surface area contributed by atoms with E-state index in [1.54, 1.807) is 0 Å². The van der Waals surface area contributed by atoms with Crippen LogP contribution in [0.2, 0.25) is 90.7 Å². The number of ether oxygens (including phenoxy) is 9. The molecule has 142 heavy (non-hydrogen) atoms. The third-order valence-electron chi connectivity index (χ3n) is 28.0. The largest absolute Gasteiger partial charge is 0.412 e. The molecule has 0 saturated carbocycles. The Bertz CT molecular complexity index is 4250. The Balaban J connectivity index is 0.000000373. The quantitative estimate of drug-likeness (QED) is 0.00899. The van der Waals surface area contributed by atoms with Gasteiger partial charge in [0, 0.05) is 37.4 Å². The number of Topliss-reactive ketones (excluding diaryl/α,β-unsaturated/α-hetero) is 1.